The number of aliphatic hydroxyl groups is 1. The summed E-state index contributed by atoms with van der Waals surface area (Å²) in [6, 6.07) is 0.578. The Labute approximate surface area is 76.4 Å². The van der Waals surface area contributed by atoms with Gasteiger partial charge < -0.3 is 10.4 Å². The summed E-state index contributed by atoms with van der Waals surface area (Å²) >= 11 is 0. The Kier molecular flexibility index (Phi) is 7.51. The highest BCUT2D eigenvalue weighted by atomic mass is 16.3. The van der Waals surface area contributed by atoms with Gasteiger partial charge in [-0.25, -0.2) is 0 Å². The lowest BCUT2D eigenvalue weighted by atomic mass is 9.93. The number of hydrogen-bond acceptors (Lipinski definition) is 2. The van der Waals surface area contributed by atoms with E-state index in [4.69, 9.17) is 0 Å². The average molecular weight is 173 g/mol. The summed E-state index contributed by atoms with van der Waals surface area (Å²) in [5.74, 6) is 0. The Bertz CT molecular complexity index is 93.8. The van der Waals surface area contributed by atoms with Gasteiger partial charge in [-0.2, -0.15) is 0 Å². The van der Waals surface area contributed by atoms with Gasteiger partial charge in [-0.15, -0.1) is 0 Å². The molecule has 2 atom stereocenters. The summed E-state index contributed by atoms with van der Waals surface area (Å²) in [5, 5.41) is 12.6. The van der Waals surface area contributed by atoms with Crippen LogP contribution in [0.1, 0.15) is 46.5 Å². The molecular formula is C10H23NO. The first-order valence-electron chi connectivity index (χ1n) is 5.24. The van der Waals surface area contributed by atoms with Crippen molar-refractivity contribution in [3.8, 4) is 0 Å². The topological polar surface area (TPSA) is 32.3 Å². The zero-order valence-corrected chi connectivity index (χ0v) is 8.64. The minimum atomic E-state index is -0.0437. The molecule has 1 aliphatic carbocycles. The molecule has 12 heavy (non-hydrogen) atoms. The second kappa shape index (κ2) is 7.56. The van der Waals surface area contributed by atoms with Crippen LogP contribution in [0.15, 0.2) is 0 Å². The first-order valence-corrected chi connectivity index (χ1v) is 5.24. The van der Waals surface area contributed by atoms with Gasteiger partial charge in [0.1, 0.15) is 0 Å². The van der Waals surface area contributed by atoms with Gasteiger partial charge in [0, 0.05) is 6.04 Å². The van der Waals surface area contributed by atoms with E-state index in [1.807, 2.05) is 13.8 Å². The quantitative estimate of drug-likeness (QED) is 0.668. The van der Waals surface area contributed by atoms with Crippen molar-refractivity contribution in [1.29, 1.82) is 0 Å². The first-order chi connectivity index (χ1) is 5.83. The lowest BCUT2D eigenvalue weighted by Gasteiger charge is -2.26. The third kappa shape index (κ3) is 4.73. The highest BCUT2D eigenvalue weighted by Gasteiger charge is 2.18. The number of hydrogen-bond donors (Lipinski definition) is 2. The van der Waals surface area contributed by atoms with Crippen LogP contribution in [0.5, 0.6) is 0 Å². The van der Waals surface area contributed by atoms with Gasteiger partial charge in [0.05, 0.1) is 6.10 Å². The fourth-order valence-corrected chi connectivity index (χ4v) is 1.64. The summed E-state index contributed by atoms with van der Waals surface area (Å²) in [6.07, 6.45) is 4.33. The van der Waals surface area contributed by atoms with E-state index in [1.165, 1.54) is 12.8 Å². The summed E-state index contributed by atoms with van der Waals surface area (Å²) in [7, 11) is 0. The average Bonchev–Trinajstić information content (AvgIpc) is 2.09. The highest BCUT2D eigenvalue weighted by molar-refractivity contribution is 4.76. The summed E-state index contributed by atoms with van der Waals surface area (Å²) in [4.78, 5) is 0. The molecule has 1 rings (SSSR count). The lowest BCUT2D eigenvalue weighted by molar-refractivity contribution is 0.112. The van der Waals surface area contributed by atoms with Crippen molar-refractivity contribution in [3.63, 3.8) is 0 Å². The molecule has 0 heterocycles. The van der Waals surface area contributed by atoms with Crippen LogP contribution in [0, 0.1) is 0 Å². The SMILES string of the molecule is CC.CCNC1CCCC(O)C1. The van der Waals surface area contributed by atoms with Crippen molar-refractivity contribution in [1.82, 2.24) is 5.32 Å². The molecule has 0 aromatic carbocycles. The molecule has 0 radical (unpaired) electrons. The van der Waals surface area contributed by atoms with E-state index < -0.39 is 0 Å². The molecule has 0 amide bonds. The third-order valence-corrected chi connectivity index (χ3v) is 2.14. The van der Waals surface area contributed by atoms with Gasteiger partial charge >= 0.3 is 0 Å². The maximum Gasteiger partial charge on any atom is 0.0555 e. The minimum absolute atomic E-state index is 0.0437. The highest BCUT2D eigenvalue weighted by Crippen LogP contribution is 2.17. The summed E-state index contributed by atoms with van der Waals surface area (Å²) < 4.78 is 0. The summed E-state index contributed by atoms with van der Waals surface area (Å²) in [6.45, 7) is 7.14. The van der Waals surface area contributed by atoms with E-state index in [2.05, 4.69) is 12.2 Å². The van der Waals surface area contributed by atoms with Crippen molar-refractivity contribution < 1.29 is 5.11 Å². The van der Waals surface area contributed by atoms with Crippen LogP contribution >= 0.6 is 0 Å². The van der Waals surface area contributed by atoms with E-state index in [0.717, 1.165) is 19.4 Å². The molecule has 0 bridgehead atoms. The smallest absolute Gasteiger partial charge is 0.0555 e. The van der Waals surface area contributed by atoms with Crippen LogP contribution in [0.3, 0.4) is 0 Å². The van der Waals surface area contributed by atoms with E-state index in [9.17, 15) is 5.11 Å². The fraction of sp³-hybridized carbons (Fsp3) is 1.00. The van der Waals surface area contributed by atoms with Gasteiger partial charge in [-0.1, -0.05) is 20.8 Å². The van der Waals surface area contributed by atoms with Crippen LogP contribution in [0.25, 0.3) is 0 Å². The van der Waals surface area contributed by atoms with Crippen molar-refractivity contribution >= 4 is 0 Å². The molecule has 2 unspecified atom stereocenters. The monoisotopic (exact) mass is 173 g/mol. The molecule has 74 valence electrons. The molecule has 2 nitrogen and oxygen atoms in total. The maximum absolute atomic E-state index is 9.27. The largest absolute Gasteiger partial charge is 0.393 e. The van der Waals surface area contributed by atoms with Crippen LogP contribution in [0.4, 0.5) is 0 Å². The molecule has 0 aliphatic heterocycles. The molecule has 1 aliphatic rings. The molecule has 0 aromatic rings. The molecule has 1 saturated carbocycles. The van der Waals surface area contributed by atoms with Gasteiger partial charge in [-0.05, 0) is 32.2 Å². The van der Waals surface area contributed by atoms with Gasteiger partial charge in [0.2, 0.25) is 0 Å². The molecule has 1 fully saturated rings. The molecule has 2 N–H and O–H groups in total. The second-order valence-corrected chi connectivity index (χ2v) is 3.08. The predicted molar refractivity (Wildman–Crippen MR) is 53.3 cm³/mol. The Hall–Kier alpha value is -0.0800. The van der Waals surface area contributed by atoms with Gasteiger partial charge in [0.15, 0.2) is 0 Å². The van der Waals surface area contributed by atoms with Gasteiger partial charge in [-0.3, -0.25) is 0 Å². The van der Waals surface area contributed by atoms with E-state index >= 15 is 0 Å². The van der Waals surface area contributed by atoms with Crippen molar-refractivity contribution in [3.05, 3.63) is 0 Å². The Balaban J connectivity index is 0.000000561. The standard InChI is InChI=1S/C8H17NO.C2H6/c1-2-9-7-4-3-5-8(10)6-7;1-2/h7-10H,2-6H2,1H3;1-2H3. The molecule has 0 aromatic heterocycles. The predicted octanol–water partition coefficient (Wildman–Crippen LogP) is 1.93. The van der Waals surface area contributed by atoms with E-state index in [0.29, 0.717) is 6.04 Å². The van der Waals surface area contributed by atoms with Crippen molar-refractivity contribution in [2.45, 2.75) is 58.6 Å². The van der Waals surface area contributed by atoms with Crippen LogP contribution in [-0.4, -0.2) is 23.8 Å². The first kappa shape index (κ1) is 11.9. The van der Waals surface area contributed by atoms with Crippen molar-refractivity contribution in [2.75, 3.05) is 6.54 Å². The number of nitrogens with one attached hydrogen (secondary N) is 1. The maximum atomic E-state index is 9.27. The Morgan fingerprint density at radius 2 is 2.00 bits per heavy atom. The van der Waals surface area contributed by atoms with E-state index in [1.54, 1.807) is 0 Å². The van der Waals surface area contributed by atoms with Crippen molar-refractivity contribution in [2.24, 2.45) is 0 Å². The Morgan fingerprint density at radius 1 is 1.33 bits per heavy atom. The zero-order chi connectivity index (χ0) is 9.40. The molecule has 0 saturated heterocycles. The Morgan fingerprint density at radius 3 is 2.50 bits per heavy atom. The molecular weight excluding hydrogens is 150 g/mol. The fourth-order valence-electron chi connectivity index (χ4n) is 1.64. The zero-order valence-electron chi connectivity index (χ0n) is 8.64. The summed E-state index contributed by atoms with van der Waals surface area (Å²) in [5.41, 5.74) is 0. The molecule has 0 spiro atoms. The van der Waals surface area contributed by atoms with E-state index in [-0.39, 0.29) is 6.10 Å². The molecule has 2 heteroatoms. The van der Waals surface area contributed by atoms with Crippen LogP contribution in [-0.2, 0) is 0 Å². The number of rotatable bonds is 2. The normalized spacial score (nSPS) is 29.0. The lowest BCUT2D eigenvalue weighted by Crippen LogP contribution is -2.35. The minimum Gasteiger partial charge on any atom is -0.393 e. The second-order valence-electron chi connectivity index (χ2n) is 3.08. The van der Waals surface area contributed by atoms with Crippen LogP contribution in [0.2, 0.25) is 0 Å². The third-order valence-electron chi connectivity index (χ3n) is 2.14. The number of aliphatic hydroxyl groups excluding tert-OH is 1. The van der Waals surface area contributed by atoms with Crippen LogP contribution < -0.4 is 5.32 Å². The van der Waals surface area contributed by atoms with Gasteiger partial charge in [0.25, 0.3) is 0 Å².